The summed E-state index contributed by atoms with van der Waals surface area (Å²) in [4.78, 5) is 13.7. The topological polar surface area (TPSA) is 79.5 Å². The number of ether oxygens (including phenoxy) is 1. The second-order valence-electron chi connectivity index (χ2n) is 5.21. The van der Waals surface area contributed by atoms with Gasteiger partial charge in [0.05, 0.1) is 0 Å². The lowest BCUT2D eigenvalue weighted by molar-refractivity contribution is 0.178. The second kappa shape index (κ2) is 7.53. The molecule has 2 heterocycles. The van der Waals surface area contributed by atoms with E-state index in [1.807, 2.05) is 6.07 Å². The minimum Gasteiger partial charge on any atom is -0.377 e. The van der Waals surface area contributed by atoms with Crippen molar-refractivity contribution in [1.29, 1.82) is 0 Å². The second-order valence-corrected chi connectivity index (χ2v) is 5.21. The van der Waals surface area contributed by atoms with Crippen molar-refractivity contribution in [3.63, 3.8) is 0 Å². The first-order valence-corrected chi connectivity index (χ1v) is 7.54. The lowest BCUT2D eigenvalue weighted by Gasteiger charge is -2.26. The highest BCUT2D eigenvalue weighted by Crippen LogP contribution is 2.23. The van der Waals surface area contributed by atoms with Gasteiger partial charge in [-0.25, -0.2) is 15.8 Å². The van der Waals surface area contributed by atoms with Crippen LogP contribution in [-0.4, -0.2) is 54.2 Å². The number of nitrogens with two attached hydrogens (primary N) is 1. The van der Waals surface area contributed by atoms with Gasteiger partial charge >= 0.3 is 0 Å². The number of rotatable bonds is 7. The average Bonchev–Trinajstić information content (AvgIpc) is 2.98. The molecule has 1 aliphatic rings. The Balaban J connectivity index is 2.13. The molecule has 1 aromatic heterocycles. The minimum atomic E-state index is 0.385. The molecule has 7 heteroatoms. The summed E-state index contributed by atoms with van der Waals surface area (Å²) in [5.41, 5.74) is 2.60. The Kier molecular flexibility index (Phi) is 5.72. The SMILES string of the molecule is CCN(CC)C1CCN(c2cc(NN)nc(COC)n2)C1. The quantitative estimate of drug-likeness (QED) is 0.569. The fourth-order valence-electron chi connectivity index (χ4n) is 2.90. The maximum Gasteiger partial charge on any atom is 0.158 e. The van der Waals surface area contributed by atoms with Gasteiger partial charge < -0.3 is 15.1 Å². The number of nitrogens with zero attached hydrogens (tertiary/aromatic N) is 4. The van der Waals surface area contributed by atoms with Gasteiger partial charge in [-0.3, -0.25) is 4.90 Å². The minimum absolute atomic E-state index is 0.385. The molecule has 21 heavy (non-hydrogen) atoms. The molecule has 1 saturated heterocycles. The van der Waals surface area contributed by atoms with E-state index in [1.54, 1.807) is 7.11 Å². The predicted octanol–water partition coefficient (Wildman–Crippen LogP) is 0.829. The Morgan fingerprint density at radius 2 is 2.19 bits per heavy atom. The van der Waals surface area contributed by atoms with Crippen LogP contribution in [0.1, 0.15) is 26.1 Å². The summed E-state index contributed by atoms with van der Waals surface area (Å²) in [5.74, 6) is 7.68. The molecule has 1 aliphatic heterocycles. The van der Waals surface area contributed by atoms with E-state index in [2.05, 4.69) is 39.0 Å². The summed E-state index contributed by atoms with van der Waals surface area (Å²) in [7, 11) is 1.64. The van der Waals surface area contributed by atoms with Crippen LogP contribution in [0.4, 0.5) is 11.6 Å². The molecule has 0 aromatic carbocycles. The maximum absolute atomic E-state index is 5.49. The van der Waals surface area contributed by atoms with E-state index < -0.39 is 0 Å². The van der Waals surface area contributed by atoms with E-state index >= 15 is 0 Å². The fraction of sp³-hybridized carbons (Fsp3) is 0.714. The van der Waals surface area contributed by atoms with Gasteiger partial charge in [0.2, 0.25) is 0 Å². The van der Waals surface area contributed by atoms with Crippen LogP contribution in [0, 0.1) is 0 Å². The zero-order valence-electron chi connectivity index (χ0n) is 13.2. The van der Waals surface area contributed by atoms with Gasteiger partial charge in [0.1, 0.15) is 18.2 Å². The number of methoxy groups -OCH3 is 1. The lowest BCUT2D eigenvalue weighted by Crippen LogP contribution is -2.37. The molecule has 1 atom stereocenters. The molecule has 1 unspecified atom stereocenters. The van der Waals surface area contributed by atoms with Gasteiger partial charge in [0, 0.05) is 32.3 Å². The van der Waals surface area contributed by atoms with Crippen LogP contribution >= 0.6 is 0 Å². The highest BCUT2D eigenvalue weighted by Gasteiger charge is 2.27. The molecule has 118 valence electrons. The van der Waals surface area contributed by atoms with Crippen molar-refractivity contribution in [3.8, 4) is 0 Å². The molecule has 0 radical (unpaired) electrons. The van der Waals surface area contributed by atoms with E-state index in [0.717, 1.165) is 38.4 Å². The van der Waals surface area contributed by atoms with Crippen molar-refractivity contribution < 1.29 is 4.74 Å². The van der Waals surface area contributed by atoms with Crippen LogP contribution in [0.15, 0.2) is 6.07 Å². The Hall–Kier alpha value is -1.44. The van der Waals surface area contributed by atoms with Gasteiger partial charge in [-0.2, -0.15) is 0 Å². The maximum atomic E-state index is 5.49. The van der Waals surface area contributed by atoms with Crippen molar-refractivity contribution in [3.05, 3.63) is 11.9 Å². The normalized spacial score (nSPS) is 18.5. The Bertz CT molecular complexity index is 451. The van der Waals surface area contributed by atoms with Crippen LogP contribution in [0.25, 0.3) is 0 Å². The van der Waals surface area contributed by atoms with E-state index in [0.29, 0.717) is 24.3 Å². The van der Waals surface area contributed by atoms with Crippen molar-refractivity contribution in [2.24, 2.45) is 5.84 Å². The highest BCUT2D eigenvalue weighted by molar-refractivity contribution is 5.49. The zero-order valence-corrected chi connectivity index (χ0v) is 13.2. The highest BCUT2D eigenvalue weighted by atomic mass is 16.5. The van der Waals surface area contributed by atoms with Crippen LogP contribution in [0.3, 0.4) is 0 Å². The first-order chi connectivity index (χ1) is 10.2. The Labute approximate surface area is 126 Å². The van der Waals surface area contributed by atoms with Gasteiger partial charge in [-0.1, -0.05) is 13.8 Å². The third-order valence-corrected chi connectivity index (χ3v) is 4.00. The molecule has 0 saturated carbocycles. The number of aromatic nitrogens is 2. The first-order valence-electron chi connectivity index (χ1n) is 7.54. The smallest absolute Gasteiger partial charge is 0.158 e. The molecule has 0 amide bonds. The molecule has 1 fully saturated rings. The molecular weight excluding hydrogens is 268 g/mol. The van der Waals surface area contributed by atoms with Gasteiger partial charge in [-0.05, 0) is 19.5 Å². The summed E-state index contributed by atoms with van der Waals surface area (Å²) in [5, 5.41) is 0. The summed E-state index contributed by atoms with van der Waals surface area (Å²) in [6.45, 7) is 8.99. The van der Waals surface area contributed by atoms with E-state index in [1.165, 1.54) is 0 Å². The summed E-state index contributed by atoms with van der Waals surface area (Å²) in [6.07, 6.45) is 1.16. The molecule has 0 bridgehead atoms. The number of anilines is 2. The first kappa shape index (κ1) is 15.9. The molecule has 0 spiro atoms. The van der Waals surface area contributed by atoms with Gasteiger partial charge in [0.25, 0.3) is 0 Å². The number of likely N-dealkylation sites (N-methyl/N-ethyl adjacent to an activating group) is 1. The van der Waals surface area contributed by atoms with Crippen LogP contribution in [-0.2, 0) is 11.3 Å². The van der Waals surface area contributed by atoms with Crippen molar-refractivity contribution in [2.75, 3.05) is 43.6 Å². The standard InChI is InChI=1S/C14H26N6O/c1-4-19(5-2)11-6-7-20(9-11)14-8-12(18-15)16-13(17-14)10-21-3/h8,11H,4-7,9-10,15H2,1-3H3,(H,16,17,18). The molecule has 2 rings (SSSR count). The van der Waals surface area contributed by atoms with Crippen LogP contribution in [0.5, 0.6) is 0 Å². The lowest BCUT2D eigenvalue weighted by atomic mass is 10.2. The van der Waals surface area contributed by atoms with E-state index in [-0.39, 0.29) is 0 Å². The molecular formula is C14H26N6O. The fourth-order valence-corrected chi connectivity index (χ4v) is 2.90. The average molecular weight is 294 g/mol. The Morgan fingerprint density at radius 1 is 1.43 bits per heavy atom. The Morgan fingerprint density at radius 3 is 2.81 bits per heavy atom. The summed E-state index contributed by atoms with van der Waals surface area (Å²) < 4.78 is 5.12. The van der Waals surface area contributed by atoms with Gasteiger partial charge in [-0.15, -0.1) is 0 Å². The van der Waals surface area contributed by atoms with Crippen LogP contribution < -0.4 is 16.2 Å². The number of nitrogen functional groups attached to an aromatic ring is 1. The zero-order chi connectivity index (χ0) is 15.2. The van der Waals surface area contributed by atoms with Gasteiger partial charge in [0.15, 0.2) is 5.82 Å². The molecule has 3 N–H and O–H groups in total. The predicted molar refractivity (Wildman–Crippen MR) is 84.1 cm³/mol. The summed E-state index contributed by atoms with van der Waals surface area (Å²) >= 11 is 0. The number of hydrazine groups is 1. The largest absolute Gasteiger partial charge is 0.377 e. The van der Waals surface area contributed by atoms with E-state index in [4.69, 9.17) is 10.6 Å². The monoisotopic (exact) mass is 294 g/mol. The molecule has 0 aliphatic carbocycles. The van der Waals surface area contributed by atoms with Crippen molar-refractivity contribution in [2.45, 2.75) is 32.9 Å². The number of nitrogens with one attached hydrogen (secondary N) is 1. The van der Waals surface area contributed by atoms with E-state index in [9.17, 15) is 0 Å². The number of hydrogen-bond acceptors (Lipinski definition) is 7. The molecule has 1 aromatic rings. The third-order valence-electron chi connectivity index (χ3n) is 4.00. The third kappa shape index (κ3) is 3.81. The van der Waals surface area contributed by atoms with Crippen molar-refractivity contribution >= 4 is 11.6 Å². The van der Waals surface area contributed by atoms with Crippen LogP contribution in [0.2, 0.25) is 0 Å². The summed E-state index contributed by atoms with van der Waals surface area (Å²) in [6, 6.07) is 2.49. The van der Waals surface area contributed by atoms with Crippen molar-refractivity contribution in [1.82, 2.24) is 14.9 Å². The number of hydrogen-bond donors (Lipinski definition) is 2. The molecule has 7 nitrogen and oxygen atoms in total.